The van der Waals surface area contributed by atoms with Gasteiger partial charge in [-0.25, -0.2) is 5.43 Å². The van der Waals surface area contributed by atoms with Gasteiger partial charge in [0.2, 0.25) is 0 Å². The van der Waals surface area contributed by atoms with Crippen LogP contribution >= 0.6 is 0 Å². The Morgan fingerprint density at radius 3 is 2.85 bits per heavy atom. The lowest BCUT2D eigenvalue weighted by Gasteiger charge is -2.14. The van der Waals surface area contributed by atoms with Crippen LogP contribution in [0.2, 0.25) is 0 Å². The van der Waals surface area contributed by atoms with Gasteiger partial charge in [0.05, 0.1) is 6.67 Å². The quantitative estimate of drug-likeness (QED) is 0.396. The zero-order valence-electron chi connectivity index (χ0n) is 8.21. The molecule has 4 nitrogen and oxygen atoms in total. The van der Waals surface area contributed by atoms with E-state index in [2.05, 4.69) is 10.3 Å². The lowest BCUT2D eigenvalue weighted by molar-refractivity contribution is 0.303. The van der Waals surface area contributed by atoms with Crippen molar-refractivity contribution in [1.82, 2.24) is 10.3 Å². The van der Waals surface area contributed by atoms with Crippen molar-refractivity contribution in [1.29, 1.82) is 0 Å². The molecule has 74 valence electrons. The number of hydrazine groups is 1. The highest BCUT2D eigenvalue weighted by atomic mass is 16.3. The van der Waals surface area contributed by atoms with Crippen molar-refractivity contribution in [2.45, 2.75) is 13.3 Å². The second-order valence-corrected chi connectivity index (χ2v) is 3.20. The minimum absolute atomic E-state index is 0.694. The van der Waals surface area contributed by atoms with Gasteiger partial charge in [-0.1, -0.05) is 0 Å². The zero-order valence-corrected chi connectivity index (χ0v) is 8.21. The number of nitrogens with one attached hydrogen (secondary N) is 1. The second kappa shape index (κ2) is 5.01. The number of hydrogen-bond acceptors (Lipinski definition) is 4. The highest BCUT2D eigenvalue weighted by Crippen LogP contribution is 2.06. The van der Waals surface area contributed by atoms with Crippen LogP contribution in [0.25, 0.3) is 0 Å². The first-order valence-electron chi connectivity index (χ1n) is 4.39. The third-order valence-electron chi connectivity index (χ3n) is 1.90. The summed E-state index contributed by atoms with van der Waals surface area (Å²) in [5.74, 6) is 7.18. The summed E-state index contributed by atoms with van der Waals surface area (Å²) in [4.78, 5) is 2.10. The molecule has 0 aromatic carbocycles. The van der Waals surface area contributed by atoms with Crippen LogP contribution in [0, 0.1) is 6.92 Å². The molecular formula is C9H17N3O. The van der Waals surface area contributed by atoms with Crippen LogP contribution in [0.15, 0.2) is 16.5 Å². The highest BCUT2D eigenvalue weighted by molar-refractivity contribution is 5.05. The number of likely N-dealkylation sites (N-methyl/N-ethyl adjacent to an activating group) is 1. The van der Waals surface area contributed by atoms with Gasteiger partial charge in [0.1, 0.15) is 11.5 Å². The van der Waals surface area contributed by atoms with Crippen molar-refractivity contribution in [3.8, 4) is 0 Å². The molecule has 0 aliphatic rings. The first-order chi connectivity index (χ1) is 6.22. The van der Waals surface area contributed by atoms with E-state index in [4.69, 9.17) is 10.3 Å². The summed E-state index contributed by atoms with van der Waals surface area (Å²) in [5, 5.41) is 0. The standard InChI is InChI=1S/C9H17N3O/c1-8-3-4-9(13-8)5-6-12(2)7-11-10/h3-4,11H,5-7,10H2,1-2H3. The molecule has 0 fully saturated rings. The number of hydrogen-bond donors (Lipinski definition) is 2. The van der Waals surface area contributed by atoms with Gasteiger partial charge in [0, 0.05) is 13.0 Å². The van der Waals surface area contributed by atoms with Crippen LogP contribution in [0.4, 0.5) is 0 Å². The molecule has 0 amide bonds. The summed E-state index contributed by atoms with van der Waals surface area (Å²) in [7, 11) is 2.01. The molecular weight excluding hydrogens is 166 g/mol. The maximum atomic E-state index is 5.43. The van der Waals surface area contributed by atoms with E-state index < -0.39 is 0 Å². The maximum Gasteiger partial charge on any atom is 0.105 e. The third-order valence-corrected chi connectivity index (χ3v) is 1.90. The molecule has 13 heavy (non-hydrogen) atoms. The van der Waals surface area contributed by atoms with Crippen LogP contribution in [0.5, 0.6) is 0 Å². The minimum Gasteiger partial charge on any atom is -0.466 e. The van der Waals surface area contributed by atoms with E-state index in [1.807, 2.05) is 26.1 Å². The number of nitrogens with two attached hydrogens (primary N) is 1. The largest absolute Gasteiger partial charge is 0.466 e. The van der Waals surface area contributed by atoms with E-state index in [1.165, 1.54) is 0 Å². The molecule has 0 unspecified atom stereocenters. The Balaban J connectivity index is 2.26. The fourth-order valence-corrected chi connectivity index (χ4v) is 1.16. The summed E-state index contributed by atoms with van der Waals surface area (Å²) >= 11 is 0. The van der Waals surface area contributed by atoms with Crippen molar-refractivity contribution < 1.29 is 4.42 Å². The number of furan rings is 1. The lowest BCUT2D eigenvalue weighted by Crippen LogP contribution is -2.36. The molecule has 3 N–H and O–H groups in total. The van der Waals surface area contributed by atoms with Gasteiger partial charge in [-0.05, 0) is 26.1 Å². The van der Waals surface area contributed by atoms with E-state index in [0.29, 0.717) is 6.67 Å². The molecule has 0 bridgehead atoms. The van der Waals surface area contributed by atoms with Gasteiger partial charge in [-0.15, -0.1) is 0 Å². The predicted octanol–water partition coefficient (Wildman–Crippen LogP) is 0.483. The maximum absolute atomic E-state index is 5.43. The van der Waals surface area contributed by atoms with Crippen molar-refractivity contribution in [3.63, 3.8) is 0 Å². The summed E-state index contributed by atoms with van der Waals surface area (Å²) < 4.78 is 5.43. The van der Waals surface area contributed by atoms with Gasteiger partial charge < -0.3 is 4.42 Å². The molecule has 1 rings (SSSR count). The normalized spacial score (nSPS) is 11.1. The Hall–Kier alpha value is -0.840. The van der Waals surface area contributed by atoms with Crippen molar-refractivity contribution in [3.05, 3.63) is 23.7 Å². The molecule has 1 aromatic rings. The average Bonchev–Trinajstić information content (AvgIpc) is 2.49. The fraction of sp³-hybridized carbons (Fsp3) is 0.556. The van der Waals surface area contributed by atoms with Gasteiger partial charge in [0.25, 0.3) is 0 Å². The van der Waals surface area contributed by atoms with Crippen LogP contribution < -0.4 is 11.3 Å². The van der Waals surface area contributed by atoms with E-state index in [-0.39, 0.29) is 0 Å². The molecule has 0 radical (unpaired) electrons. The Morgan fingerprint density at radius 1 is 1.54 bits per heavy atom. The SMILES string of the molecule is Cc1ccc(CCN(C)CNN)o1. The minimum atomic E-state index is 0.694. The topological polar surface area (TPSA) is 54.4 Å². The van der Waals surface area contributed by atoms with E-state index >= 15 is 0 Å². The van der Waals surface area contributed by atoms with E-state index in [9.17, 15) is 0 Å². The van der Waals surface area contributed by atoms with Crippen LogP contribution in [-0.2, 0) is 6.42 Å². The first-order valence-corrected chi connectivity index (χ1v) is 4.39. The molecule has 1 heterocycles. The van der Waals surface area contributed by atoms with Crippen LogP contribution in [0.1, 0.15) is 11.5 Å². The first kappa shape index (κ1) is 10.2. The molecule has 0 saturated carbocycles. The van der Waals surface area contributed by atoms with Gasteiger partial charge in [0.15, 0.2) is 0 Å². The highest BCUT2D eigenvalue weighted by Gasteiger charge is 2.00. The Morgan fingerprint density at radius 2 is 2.31 bits per heavy atom. The van der Waals surface area contributed by atoms with Gasteiger partial charge in [-0.2, -0.15) is 0 Å². The molecule has 0 aliphatic heterocycles. The Bertz CT molecular complexity index is 247. The number of rotatable bonds is 5. The Kier molecular flexibility index (Phi) is 3.95. The fourth-order valence-electron chi connectivity index (χ4n) is 1.16. The second-order valence-electron chi connectivity index (χ2n) is 3.20. The Labute approximate surface area is 78.7 Å². The third kappa shape index (κ3) is 3.59. The van der Waals surface area contributed by atoms with E-state index in [1.54, 1.807) is 0 Å². The zero-order chi connectivity index (χ0) is 9.68. The monoisotopic (exact) mass is 183 g/mol. The van der Waals surface area contributed by atoms with Crippen LogP contribution in [0.3, 0.4) is 0 Å². The molecule has 1 aromatic heterocycles. The summed E-state index contributed by atoms with van der Waals surface area (Å²) in [6.07, 6.45) is 0.923. The summed E-state index contributed by atoms with van der Waals surface area (Å²) in [5.41, 5.74) is 2.60. The molecule has 0 atom stereocenters. The van der Waals surface area contributed by atoms with Crippen molar-refractivity contribution in [2.75, 3.05) is 20.3 Å². The molecule has 0 spiro atoms. The number of nitrogens with zero attached hydrogens (tertiary/aromatic N) is 1. The van der Waals surface area contributed by atoms with Crippen LogP contribution in [-0.4, -0.2) is 25.2 Å². The van der Waals surface area contributed by atoms with Gasteiger partial charge >= 0.3 is 0 Å². The predicted molar refractivity (Wildman–Crippen MR) is 52.0 cm³/mol. The smallest absolute Gasteiger partial charge is 0.105 e. The van der Waals surface area contributed by atoms with Crippen molar-refractivity contribution in [2.24, 2.45) is 5.84 Å². The lowest BCUT2D eigenvalue weighted by atomic mass is 10.3. The number of aryl methyl sites for hydroxylation is 1. The summed E-state index contributed by atoms with van der Waals surface area (Å²) in [6.45, 7) is 3.59. The van der Waals surface area contributed by atoms with Crippen molar-refractivity contribution >= 4 is 0 Å². The molecule has 0 aliphatic carbocycles. The van der Waals surface area contributed by atoms with Gasteiger partial charge in [-0.3, -0.25) is 10.7 Å². The molecule has 4 heteroatoms. The molecule has 0 saturated heterocycles. The summed E-state index contributed by atoms with van der Waals surface area (Å²) in [6, 6.07) is 4.00. The van der Waals surface area contributed by atoms with E-state index in [0.717, 1.165) is 24.5 Å². The average molecular weight is 183 g/mol.